The summed E-state index contributed by atoms with van der Waals surface area (Å²) >= 11 is 0. The van der Waals surface area contributed by atoms with Gasteiger partial charge in [-0.2, -0.15) is 0 Å². The third-order valence-corrected chi connectivity index (χ3v) is 7.26. The van der Waals surface area contributed by atoms with Crippen LogP contribution in [0.4, 0.5) is 0 Å². The van der Waals surface area contributed by atoms with E-state index < -0.39 is 36.5 Å². The molecule has 2 heterocycles. The van der Waals surface area contributed by atoms with Crippen LogP contribution in [0.1, 0.15) is 59.8 Å². The van der Waals surface area contributed by atoms with Crippen molar-refractivity contribution < 1.29 is 34.7 Å². The molecular weight excluding hydrogens is 484 g/mol. The van der Waals surface area contributed by atoms with E-state index in [4.69, 9.17) is 9.47 Å². The number of epoxide rings is 1. The number of ether oxygens (including phenoxy) is 2. The molecule has 0 radical (unpaired) electrons. The first-order valence-electron chi connectivity index (χ1n) is 13.5. The van der Waals surface area contributed by atoms with E-state index in [9.17, 15) is 25.2 Å². The van der Waals surface area contributed by atoms with E-state index in [2.05, 4.69) is 33.6 Å². The Morgan fingerprint density at radius 1 is 1.03 bits per heavy atom. The normalized spacial score (nSPS) is 38.5. The van der Waals surface area contributed by atoms with Crippen molar-refractivity contribution in [2.24, 2.45) is 11.8 Å². The fraction of sp³-hybridized carbons (Fsp3) is 0.581. The summed E-state index contributed by atoms with van der Waals surface area (Å²) in [6.07, 6.45) is 5.05. The van der Waals surface area contributed by atoms with Gasteiger partial charge in [0.25, 0.3) is 0 Å². The Bertz CT molecular complexity index is 946. The Kier molecular flexibility index (Phi) is 12.4. The summed E-state index contributed by atoms with van der Waals surface area (Å²) in [5.74, 6) is -0.134. The number of hydrogen-bond acceptors (Lipinski definition) is 7. The fourth-order valence-corrected chi connectivity index (χ4v) is 4.86. The van der Waals surface area contributed by atoms with Crippen molar-refractivity contribution >= 4 is 5.97 Å². The summed E-state index contributed by atoms with van der Waals surface area (Å²) in [5.41, 5.74) is 1.70. The Morgan fingerprint density at radius 2 is 1.71 bits per heavy atom. The zero-order chi connectivity index (χ0) is 28.6. The molecule has 0 amide bonds. The van der Waals surface area contributed by atoms with Crippen LogP contribution in [0.25, 0.3) is 0 Å². The summed E-state index contributed by atoms with van der Waals surface area (Å²) in [4.78, 5) is 12.8. The SMILES string of the molecule is C=C1C/C=C/[C@H](O)[C@@H](O)C(=C)[C@@H](O)[C@H](O)C(=C)C/C=C/C(C)=C/C(=O)O[C@H]([C@H]2O[C@H]2[C@@H](C)CCC)[C@H](C)C1. The second-order valence-electron chi connectivity index (χ2n) is 10.8. The first-order chi connectivity index (χ1) is 17.9. The number of carbonyl (C=O) groups is 1. The summed E-state index contributed by atoms with van der Waals surface area (Å²) in [7, 11) is 0. The predicted octanol–water partition coefficient (Wildman–Crippen LogP) is 4.09. The van der Waals surface area contributed by atoms with Gasteiger partial charge in [0.1, 0.15) is 36.6 Å². The molecule has 0 aromatic heterocycles. The average molecular weight is 531 g/mol. The summed E-state index contributed by atoms with van der Waals surface area (Å²) in [5, 5.41) is 41.8. The Labute approximate surface area is 227 Å². The number of rotatable bonds is 4. The molecule has 4 N–H and O–H groups in total. The van der Waals surface area contributed by atoms with E-state index in [1.165, 1.54) is 12.2 Å². The molecule has 0 spiro atoms. The van der Waals surface area contributed by atoms with Gasteiger partial charge in [-0.25, -0.2) is 4.79 Å². The highest BCUT2D eigenvalue weighted by molar-refractivity contribution is 5.83. The Balaban J connectivity index is 2.28. The number of hydrogen-bond donors (Lipinski definition) is 4. The molecule has 2 aliphatic heterocycles. The third kappa shape index (κ3) is 9.17. The van der Waals surface area contributed by atoms with Gasteiger partial charge in [0.2, 0.25) is 0 Å². The van der Waals surface area contributed by atoms with Crippen molar-refractivity contribution in [2.45, 2.75) is 103 Å². The maximum atomic E-state index is 12.8. The van der Waals surface area contributed by atoms with Crippen LogP contribution >= 0.6 is 0 Å². The highest BCUT2D eigenvalue weighted by atomic mass is 16.6. The average Bonchev–Trinajstić information content (AvgIpc) is 3.65. The molecule has 0 aliphatic carbocycles. The minimum Gasteiger partial charge on any atom is -0.456 e. The maximum absolute atomic E-state index is 12.8. The van der Waals surface area contributed by atoms with Crippen molar-refractivity contribution in [1.29, 1.82) is 0 Å². The van der Waals surface area contributed by atoms with Crippen molar-refractivity contribution in [3.8, 4) is 0 Å². The van der Waals surface area contributed by atoms with Crippen molar-refractivity contribution in [1.82, 2.24) is 0 Å². The second-order valence-corrected chi connectivity index (χ2v) is 10.8. The first-order valence-corrected chi connectivity index (χ1v) is 13.5. The highest BCUT2D eigenvalue weighted by Gasteiger charge is 2.51. The molecule has 0 bridgehead atoms. The predicted molar refractivity (Wildman–Crippen MR) is 149 cm³/mol. The van der Waals surface area contributed by atoms with Crippen molar-refractivity contribution in [2.75, 3.05) is 0 Å². The van der Waals surface area contributed by atoms with Crippen LogP contribution in [0.2, 0.25) is 0 Å². The fourth-order valence-electron chi connectivity index (χ4n) is 4.86. The molecule has 1 fully saturated rings. The molecule has 0 unspecified atom stereocenters. The molecule has 7 heteroatoms. The molecule has 0 aromatic carbocycles. The van der Waals surface area contributed by atoms with Gasteiger partial charge in [-0.05, 0) is 61.2 Å². The zero-order valence-corrected chi connectivity index (χ0v) is 23.3. The number of carbonyl (C=O) groups excluding carboxylic acids is 1. The number of aliphatic hydroxyl groups excluding tert-OH is 4. The summed E-state index contributed by atoms with van der Waals surface area (Å²) in [6, 6.07) is 0. The van der Waals surface area contributed by atoms with Gasteiger partial charge in [-0.3, -0.25) is 0 Å². The molecule has 2 rings (SSSR count). The Morgan fingerprint density at radius 3 is 2.37 bits per heavy atom. The lowest BCUT2D eigenvalue weighted by atomic mass is 9.89. The van der Waals surface area contributed by atoms with Gasteiger partial charge in [0.05, 0.1) is 6.10 Å². The molecule has 9 atom stereocenters. The minimum atomic E-state index is -1.51. The number of esters is 1. The van der Waals surface area contributed by atoms with Gasteiger partial charge in [-0.15, -0.1) is 0 Å². The summed E-state index contributed by atoms with van der Waals surface area (Å²) in [6.45, 7) is 19.7. The van der Waals surface area contributed by atoms with Crippen LogP contribution in [-0.2, 0) is 14.3 Å². The van der Waals surface area contributed by atoms with Gasteiger partial charge >= 0.3 is 5.97 Å². The second kappa shape index (κ2) is 14.8. The highest BCUT2D eigenvalue weighted by Crippen LogP contribution is 2.39. The molecule has 38 heavy (non-hydrogen) atoms. The van der Waals surface area contributed by atoms with Crippen LogP contribution in [0.5, 0.6) is 0 Å². The van der Waals surface area contributed by atoms with Gasteiger partial charge in [-0.1, -0.05) is 76.8 Å². The standard InChI is InChI=1S/C31H46O7/c1-8-11-21(5)29-31(38-29)30-22(6)16-18(2)13-10-15-24(32)27(35)23(7)28(36)26(34)20(4)14-9-12-19(3)17-25(33)37-30/h9-10,12,15,17,21-22,24,26-32,34-36H,2,4,7-8,11,13-14,16H2,1,3,5-6H3/b12-9+,15-10+,19-17+/t21-,22+,24-,26+,27-,28+,29-,30-,31-/m0/s1. The third-order valence-electron chi connectivity index (χ3n) is 7.26. The molecule has 7 nitrogen and oxygen atoms in total. The van der Waals surface area contributed by atoms with Crippen LogP contribution in [0.3, 0.4) is 0 Å². The minimum absolute atomic E-state index is 0.0474. The van der Waals surface area contributed by atoms with Crippen LogP contribution in [-0.4, -0.2) is 69.1 Å². The molecule has 212 valence electrons. The number of allylic oxidation sites excluding steroid dienone is 5. The summed E-state index contributed by atoms with van der Waals surface area (Å²) < 4.78 is 11.9. The van der Waals surface area contributed by atoms with Crippen LogP contribution in [0.15, 0.2) is 72.4 Å². The van der Waals surface area contributed by atoms with E-state index in [0.29, 0.717) is 29.9 Å². The Hall–Kier alpha value is -2.29. The van der Waals surface area contributed by atoms with E-state index in [1.807, 2.05) is 6.92 Å². The first kappa shape index (κ1) is 31.9. The monoisotopic (exact) mass is 530 g/mol. The lowest BCUT2D eigenvalue weighted by Crippen LogP contribution is -2.37. The van der Waals surface area contributed by atoms with Crippen LogP contribution in [0, 0.1) is 11.8 Å². The molecular formula is C31H46O7. The topological polar surface area (TPSA) is 120 Å². The van der Waals surface area contributed by atoms with Crippen LogP contribution < -0.4 is 0 Å². The van der Waals surface area contributed by atoms with E-state index >= 15 is 0 Å². The zero-order valence-electron chi connectivity index (χ0n) is 23.3. The van der Waals surface area contributed by atoms with E-state index in [-0.39, 0.29) is 30.1 Å². The van der Waals surface area contributed by atoms with Gasteiger partial charge in [0, 0.05) is 6.08 Å². The van der Waals surface area contributed by atoms with Gasteiger partial charge in [0.15, 0.2) is 0 Å². The molecule has 1 saturated heterocycles. The lowest BCUT2D eigenvalue weighted by Gasteiger charge is -2.26. The maximum Gasteiger partial charge on any atom is 0.331 e. The van der Waals surface area contributed by atoms with Gasteiger partial charge < -0.3 is 29.9 Å². The van der Waals surface area contributed by atoms with Crippen molar-refractivity contribution in [3.63, 3.8) is 0 Å². The molecule has 2 aliphatic rings. The largest absolute Gasteiger partial charge is 0.456 e. The number of aliphatic hydroxyl groups is 4. The van der Waals surface area contributed by atoms with E-state index in [0.717, 1.165) is 18.4 Å². The lowest BCUT2D eigenvalue weighted by molar-refractivity contribution is -0.146. The molecule has 0 aromatic rings. The number of cyclic esters (lactones) is 1. The molecule has 0 saturated carbocycles. The van der Waals surface area contributed by atoms with E-state index in [1.54, 1.807) is 25.2 Å². The quantitative estimate of drug-likeness (QED) is 0.245. The smallest absolute Gasteiger partial charge is 0.331 e. The van der Waals surface area contributed by atoms with Crippen molar-refractivity contribution in [3.05, 3.63) is 72.4 Å².